The van der Waals surface area contributed by atoms with Crippen LogP contribution in [-0.4, -0.2) is 37.6 Å². The van der Waals surface area contributed by atoms with Gasteiger partial charge < -0.3 is 4.42 Å². The van der Waals surface area contributed by atoms with E-state index in [1.807, 2.05) is 0 Å². The Labute approximate surface area is 167 Å². The van der Waals surface area contributed by atoms with Crippen LogP contribution in [0.4, 0.5) is 5.69 Å². The molecular formula is C21H18N2O5S. The van der Waals surface area contributed by atoms with Gasteiger partial charge in [0.15, 0.2) is 5.76 Å². The molecule has 0 aliphatic carbocycles. The molecule has 2 aromatic carbocycles. The molecule has 0 bridgehead atoms. The first-order chi connectivity index (χ1) is 14.0. The summed E-state index contributed by atoms with van der Waals surface area (Å²) < 4.78 is 33.2. The van der Waals surface area contributed by atoms with E-state index in [2.05, 4.69) is 0 Å². The Morgan fingerprint density at radius 3 is 2.48 bits per heavy atom. The fourth-order valence-corrected chi connectivity index (χ4v) is 5.84. The number of hydrogen-bond acceptors (Lipinski definition) is 5. The van der Waals surface area contributed by atoms with Gasteiger partial charge in [0, 0.05) is 23.9 Å². The van der Waals surface area contributed by atoms with Crippen LogP contribution in [0.5, 0.6) is 0 Å². The molecule has 1 saturated heterocycles. The van der Waals surface area contributed by atoms with Crippen molar-refractivity contribution in [3.05, 3.63) is 60.1 Å². The molecule has 2 aliphatic heterocycles. The highest BCUT2D eigenvalue weighted by Crippen LogP contribution is 2.41. The maximum Gasteiger partial charge on any atom is 0.301 e. The predicted molar refractivity (Wildman–Crippen MR) is 106 cm³/mol. The van der Waals surface area contributed by atoms with Gasteiger partial charge in [0.05, 0.1) is 22.4 Å². The summed E-state index contributed by atoms with van der Waals surface area (Å²) in [6.45, 7) is 0.987. The van der Waals surface area contributed by atoms with Gasteiger partial charge in [-0.05, 0) is 43.2 Å². The van der Waals surface area contributed by atoms with E-state index in [9.17, 15) is 18.0 Å². The molecule has 2 amide bonds. The first-order valence-corrected chi connectivity index (χ1v) is 10.9. The number of anilines is 1. The summed E-state index contributed by atoms with van der Waals surface area (Å²) in [5.74, 6) is -1.02. The Bertz CT molecular complexity index is 1240. The number of furan rings is 1. The maximum atomic E-state index is 13.3. The number of rotatable bonds is 3. The van der Waals surface area contributed by atoms with E-state index >= 15 is 0 Å². The smallest absolute Gasteiger partial charge is 0.301 e. The highest BCUT2D eigenvalue weighted by atomic mass is 32.2. The van der Waals surface area contributed by atoms with Crippen LogP contribution >= 0.6 is 0 Å². The largest absolute Gasteiger partial charge is 0.459 e. The lowest BCUT2D eigenvalue weighted by molar-refractivity contribution is 0.0886. The van der Waals surface area contributed by atoms with Crippen LogP contribution < -0.4 is 4.90 Å². The fourth-order valence-electron chi connectivity index (χ4n) is 4.14. The number of benzene rings is 2. The minimum absolute atomic E-state index is 0.0457. The van der Waals surface area contributed by atoms with Gasteiger partial charge in [0.1, 0.15) is 0 Å². The van der Waals surface area contributed by atoms with Gasteiger partial charge in [-0.3, -0.25) is 9.59 Å². The van der Waals surface area contributed by atoms with E-state index in [0.29, 0.717) is 35.1 Å². The third-order valence-corrected chi connectivity index (χ3v) is 7.48. The lowest BCUT2D eigenvalue weighted by Gasteiger charge is -2.26. The van der Waals surface area contributed by atoms with Gasteiger partial charge >= 0.3 is 5.91 Å². The zero-order valence-electron chi connectivity index (χ0n) is 15.5. The first-order valence-electron chi connectivity index (χ1n) is 9.48. The average Bonchev–Trinajstić information content (AvgIpc) is 3.37. The molecule has 0 N–H and O–H groups in total. The Balaban J connectivity index is 1.68. The van der Waals surface area contributed by atoms with Crippen molar-refractivity contribution in [1.29, 1.82) is 0 Å². The third-order valence-electron chi connectivity index (χ3n) is 5.52. The van der Waals surface area contributed by atoms with Gasteiger partial charge in [-0.1, -0.05) is 18.6 Å². The standard InChI is InChI=1S/C21H18N2O5S/c24-20-15-7-4-6-14-18(29(26,27)22-11-2-1-3-12-22)10-9-16(19(14)15)23(20)21(25)17-8-5-13-28-17/h4-10,13H,1-3,11-12H2. The zero-order valence-corrected chi connectivity index (χ0v) is 16.3. The minimum Gasteiger partial charge on any atom is -0.459 e. The van der Waals surface area contributed by atoms with Crippen molar-refractivity contribution in [2.45, 2.75) is 24.2 Å². The molecule has 0 spiro atoms. The predicted octanol–water partition coefficient (Wildman–Crippen LogP) is 3.41. The van der Waals surface area contributed by atoms with Crippen molar-refractivity contribution in [2.24, 2.45) is 0 Å². The van der Waals surface area contributed by atoms with Crippen molar-refractivity contribution in [2.75, 3.05) is 18.0 Å². The summed E-state index contributed by atoms with van der Waals surface area (Å²) in [5.41, 5.74) is 0.688. The number of amides is 2. The van der Waals surface area contributed by atoms with Crippen molar-refractivity contribution in [3.8, 4) is 0 Å². The lowest BCUT2D eigenvalue weighted by Crippen LogP contribution is -2.35. The Morgan fingerprint density at radius 2 is 1.76 bits per heavy atom. The number of hydrogen-bond donors (Lipinski definition) is 0. The molecule has 0 radical (unpaired) electrons. The van der Waals surface area contributed by atoms with Crippen LogP contribution in [0, 0.1) is 0 Å². The summed E-state index contributed by atoms with van der Waals surface area (Å²) in [7, 11) is -3.69. The average molecular weight is 410 g/mol. The molecular weight excluding hydrogens is 392 g/mol. The highest BCUT2D eigenvalue weighted by Gasteiger charge is 2.38. The number of sulfonamides is 1. The summed E-state index contributed by atoms with van der Waals surface area (Å²) in [5, 5.41) is 0.934. The summed E-state index contributed by atoms with van der Waals surface area (Å²) >= 11 is 0. The molecule has 0 atom stereocenters. The SMILES string of the molecule is O=C(c1ccco1)N1C(=O)c2cccc3c(S(=O)(=O)N4CCCCC4)ccc1c23. The van der Waals surface area contributed by atoms with Crippen molar-refractivity contribution in [3.63, 3.8) is 0 Å². The van der Waals surface area contributed by atoms with E-state index < -0.39 is 21.8 Å². The molecule has 29 heavy (non-hydrogen) atoms. The number of piperidine rings is 1. The van der Waals surface area contributed by atoms with Gasteiger partial charge in [-0.25, -0.2) is 13.3 Å². The number of nitrogens with zero attached hydrogens (tertiary/aromatic N) is 2. The van der Waals surface area contributed by atoms with E-state index in [0.717, 1.165) is 24.2 Å². The maximum absolute atomic E-state index is 13.3. The molecule has 8 heteroatoms. The molecule has 2 aliphatic rings. The fraction of sp³-hybridized carbons (Fsp3) is 0.238. The topological polar surface area (TPSA) is 87.9 Å². The second-order valence-electron chi connectivity index (χ2n) is 7.20. The van der Waals surface area contributed by atoms with Crippen LogP contribution in [0.25, 0.3) is 10.8 Å². The highest BCUT2D eigenvalue weighted by molar-refractivity contribution is 7.89. The van der Waals surface area contributed by atoms with Gasteiger partial charge in [0.25, 0.3) is 5.91 Å². The monoisotopic (exact) mass is 410 g/mol. The molecule has 1 aromatic heterocycles. The first kappa shape index (κ1) is 18.1. The van der Waals surface area contributed by atoms with E-state index in [4.69, 9.17) is 4.42 Å². The van der Waals surface area contributed by atoms with Gasteiger partial charge in [-0.15, -0.1) is 0 Å². The summed E-state index contributed by atoms with van der Waals surface area (Å²) in [6, 6.07) is 11.0. The van der Waals surface area contributed by atoms with Crippen molar-refractivity contribution < 1.29 is 22.4 Å². The second-order valence-corrected chi connectivity index (χ2v) is 9.11. The Hall–Kier alpha value is -2.97. The van der Waals surface area contributed by atoms with Crippen molar-refractivity contribution >= 4 is 38.3 Å². The van der Waals surface area contributed by atoms with E-state index in [1.54, 1.807) is 24.3 Å². The van der Waals surface area contributed by atoms with Crippen LogP contribution in [0.3, 0.4) is 0 Å². The molecule has 3 heterocycles. The second kappa shape index (κ2) is 6.53. The lowest BCUT2D eigenvalue weighted by atomic mass is 10.1. The van der Waals surface area contributed by atoms with Crippen LogP contribution in [0.2, 0.25) is 0 Å². The third kappa shape index (κ3) is 2.63. The number of imide groups is 1. The van der Waals surface area contributed by atoms with Crippen LogP contribution in [-0.2, 0) is 10.0 Å². The zero-order chi connectivity index (χ0) is 20.2. The molecule has 1 fully saturated rings. The van der Waals surface area contributed by atoms with Gasteiger partial charge in [-0.2, -0.15) is 4.31 Å². The molecule has 0 saturated carbocycles. The molecule has 148 valence electrons. The number of carbonyl (C=O) groups is 2. The Kier molecular flexibility index (Phi) is 4.07. The van der Waals surface area contributed by atoms with Crippen LogP contribution in [0.15, 0.2) is 58.0 Å². The normalized spacial score (nSPS) is 17.2. The molecule has 0 unspecified atom stereocenters. The van der Waals surface area contributed by atoms with E-state index in [-0.39, 0.29) is 10.7 Å². The molecule has 7 nitrogen and oxygen atoms in total. The summed E-state index contributed by atoms with van der Waals surface area (Å²) in [4.78, 5) is 27.0. The summed E-state index contributed by atoms with van der Waals surface area (Å²) in [6.07, 6.45) is 4.06. The number of carbonyl (C=O) groups excluding carboxylic acids is 2. The molecule has 5 rings (SSSR count). The van der Waals surface area contributed by atoms with Crippen LogP contribution in [0.1, 0.15) is 40.2 Å². The molecule has 3 aromatic rings. The Morgan fingerprint density at radius 1 is 0.966 bits per heavy atom. The minimum atomic E-state index is -3.69. The van der Waals surface area contributed by atoms with Crippen molar-refractivity contribution in [1.82, 2.24) is 4.31 Å². The van der Waals surface area contributed by atoms with Gasteiger partial charge in [0.2, 0.25) is 10.0 Å². The quantitative estimate of drug-likeness (QED) is 0.618. The van der Waals surface area contributed by atoms with E-state index in [1.165, 1.54) is 28.8 Å².